The van der Waals surface area contributed by atoms with Crippen LogP contribution in [0.4, 0.5) is 0 Å². The summed E-state index contributed by atoms with van der Waals surface area (Å²) in [5.41, 5.74) is 0. The topological polar surface area (TPSA) is 46.2 Å². The summed E-state index contributed by atoms with van der Waals surface area (Å²) in [6, 6.07) is 0. The van der Waals surface area contributed by atoms with Crippen molar-refractivity contribution in [2.24, 2.45) is 0 Å². The van der Waals surface area contributed by atoms with Crippen LogP contribution < -0.4 is 0 Å². The van der Waals surface area contributed by atoms with Crippen LogP contribution in [0.5, 0.6) is 0 Å². The largest absolute Gasteiger partial charge is 0.320 e. The molecule has 11 heavy (non-hydrogen) atoms. The second kappa shape index (κ2) is 12.4. The molecule has 0 heterocycles. The molecule has 6 unspecified atom stereocenters. The first-order valence-electron chi connectivity index (χ1n) is 2.10. The molecule has 0 aromatic rings. The minimum Gasteiger partial charge on any atom is -0.320 e. The fraction of sp³-hybridized carbons (Fsp3) is 0. The predicted molar refractivity (Wildman–Crippen MR) is 58.1 cm³/mol. The average molecular weight is 274 g/mol. The van der Waals surface area contributed by atoms with Crippen molar-refractivity contribution in [3.8, 4) is 0 Å². The molecule has 0 aliphatic rings. The van der Waals surface area contributed by atoms with E-state index in [9.17, 15) is 0 Å². The van der Waals surface area contributed by atoms with E-state index in [-0.39, 0.29) is 36.1 Å². The van der Waals surface area contributed by atoms with Crippen molar-refractivity contribution in [1.82, 2.24) is 0 Å². The Morgan fingerprint density at radius 3 is 1.36 bits per heavy atom. The summed E-state index contributed by atoms with van der Waals surface area (Å²) in [5, 5.41) is 0. The van der Waals surface area contributed by atoms with Gasteiger partial charge in [-0.2, -0.15) is 0 Å². The van der Waals surface area contributed by atoms with Gasteiger partial charge in [-0.25, -0.2) is 0 Å². The molecule has 0 spiro atoms. The van der Waals surface area contributed by atoms with Gasteiger partial charge in [-0.15, -0.1) is 0 Å². The molecule has 0 rings (SSSR count). The quantitative estimate of drug-likeness (QED) is 0.503. The minimum atomic E-state index is -0.0462. The molecule has 0 amide bonds. The third-order valence-electron chi connectivity index (χ3n) is 0.346. The highest BCUT2D eigenvalue weighted by molar-refractivity contribution is 7.51. The summed E-state index contributed by atoms with van der Waals surface area (Å²) in [6.45, 7) is 0. The Bertz CT molecular complexity index is 60.0. The maximum Gasteiger partial charge on any atom is 0.167 e. The summed E-state index contributed by atoms with van der Waals surface area (Å²) in [6.07, 6.45) is 0. The van der Waals surface area contributed by atoms with Crippen molar-refractivity contribution in [3.05, 3.63) is 0 Å². The summed E-state index contributed by atoms with van der Waals surface area (Å²) < 4.78 is 23.7. The Balaban J connectivity index is 2.69. The van der Waals surface area contributed by atoms with Crippen LogP contribution in [-0.2, 0) is 21.6 Å². The third kappa shape index (κ3) is 12.4. The summed E-state index contributed by atoms with van der Waals surface area (Å²) in [5.74, 6) is 0. The lowest BCUT2D eigenvalue weighted by molar-refractivity contribution is 0.505. The first-order chi connectivity index (χ1) is 5.41. The van der Waals surface area contributed by atoms with Crippen LogP contribution in [0.3, 0.4) is 0 Å². The minimum absolute atomic E-state index is 0.00684. The Hall–Kier alpha value is 2.38. The van der Waals surface area contributed by atoms with Crippen LogP contribution >= 0.6 is 55.1 Å². The first-order valence-corrected chi connectivity index (χ1v) is 6.31. The van der Waals surface area contributed by atoms with Crippen molar-refractivity contribution in [2.45, 2.75) is 0 Å². The molecule has 0 radical (unpaired) electrons. The Morgan fingerprint density at radius 2 is 1.00 bits per heavy atom. The zero-order valence-corrected chi connectivity index (χ0v) is 11.5. The van der Waals surface area contributed by atoms with Gasteiger partial charge in [0.25, 0.3) is 0 Å². The molecule has 0 bridgehead atoms. The van der Waals surface area contributed by atoms with Gasteiger partial charge in [0.15, 0.2) is 36.1 Å². The molecule has 0 aromatic carbocycles. The molecule has 0 saturated heterocycles. The molecule has 0 aliphatic heterocycles. The van der Waals surface area contributed by atoms with Crippen molar-refractivity contribution in [2.75, 3.05) is 0 Å². The Morgan fingerprint density at radius 1 is 0.636 bits per heavy atom. The second-order valence-electron chi connectivity index (χ2n) is 0.875. The lowest BCUT2D eigenvalue weighted by atomic mass is 15.8. The normalized spacial score (nSPS) is 14.7. The molecular weight excluding hydrogens is 266 g/mol. The molecule has 0 saturated carbocycles. The molecule has 68 valence electrons. The summed E-state index contributed by atoms with van der Waals surface area (Å²) >= 11 is 0. The van der Waals surface area contributed by atoms with Gasteiger partial charge in [-0.1, -0.05) is 0 Å². The monoisotopic (exact) mass is 274 g/mol. The number of hydrogen-bond donors (Lipinski definition) is 0. The van der Waals surface area contributed by atoms with Gasteiger partial charge in [-0.3, -0.25) is 12.9 Å². The standard InChI is InChI=1S/H8O5P6/c6-1-8-3-10-5-11-4-9-2-7/h8-11H,6-7H2. The van der Waals surface area contributed by atoms with Crippen LogP contribution in [-0.4, -0.2) is 0 Å². The van der Waals surface area contributed by atoms with Crippen molar-refractivity contribution in [1.29, 1.82) is 0 Å². The van der Waals surface area contributed by atoms with E-state index in [1.807, 2.05) is 0 Å². The molecule has 11 heteroatoms. The highest BCUT2D eigenvalue weighted by Gasteiger charge is 1.88. The highest BCUT2D eigenvalue weighted by Crippen LogP contribution is 2.39. The first kappa shape index (κ1) is 13.4. The van der Waals surface area contributed by atoms with Gasteiger partial charge in [0, 0.05) is 18.9 Å². The van der Waals surface area contributed by atoms with E-state index in [4.69, 9.17) is 12.9 Å². The lowest BCUT2D eigenvalue weighted by Gasteiger charge is -2.01. The smallest absolute Gasteiger partial charge is 0.167 e. The number of rotatable bonds is 8. The SMILES string of the molecule is POPOPOPOPOP. The summed E-state index contributed by atoms with van der Waals surface area (Å²) in [7, 11) is 4.05. The molecule has 5 nitrogen and oxygen atoms in total. The summed E-state index contributed by atoms with van der Waals surface area (Å²) in [4.78, 5) is 0. The van der Waals surface area contributed by atoms with E-state index in [1.165, 1.54) is 0 Å². The third-order valence-corrected chi connectivity index (χ3v) is 3.12. The zero-order chi connectivity index (χ0) is 8.36. The van der Waals surface area contributed by atoms with Crippen molar-refractivity contribution < 1.29 is 21.6 Å². The van der Waals surface area contributed by atoms with E-state index < -0.39 is 0 Å². The van der Waals surface area contributed by atoms with Gasteiger partial charge >= 0.3 is 0 Å². The van der Waals surface area contributed by atoms with E-state index in [2.05, 4.69) is 27.6 Å². The highest BCUT2D eigenvalue weighted by atomic mass is 31.2. The van der Waals surface area contributed by atoms with Gasteiger partial charge in [0.2, 0.25) is 0 Å². The van der Waals surface area contributed by atoms with Crippen molar-refractivity contribution >= 4 is 55.1 Å². The van der Waals surface area contributed by atoms with Crippen LogP contribution in [0.15, 0.2) is 0 Å². The van der Waals surface area contributed by atoms with Crippen molar-refractivity contribution in [3.63, 3.8) is 0 Å². The van der Waals surface area contributed by atoms with Crippen LogP contribution in [0, 0.1) is 0 Å². The molecule has 0 N–H and O–H groups in total. The molecule has 0 fully saturated rings. The molecule has 0 aliphatic carbocycles. The predicted octanol–water partition coefficient (Wildman–Crippen LogP) is 2.68. The average Bonchev–Trinajstić information content (AvgIpc) is 2.03. The van der Waals surface area contributed by atoms with E-state index >= 15 is 0 Å². The fourth-order valence-corrected chi connectivity index (χ4v) is 2.88. The Labute approximate surface area is 77.1 Å². The maximum atomic E-state index is 4.88. The van der Waals surface area contributed by atoms with Crippen LogP contribution in [0.1, 0.15) is 0 Å². The van der Waals surface area contributed by atoms with Crippen LogP contribution in [0.2, 0.25) is 0 Å². The fourth-order valence-electron chi connectivity index (χ4n) is 0.141. The van der Waals surface area contributed by atoms with Gasteiger partial charge < -0.3 is 8.62 Å². The van der Waals surface area contributed by atoms with E-state index in [0.29, 0.717) is 0 Å². The zero-order valence-electron chi connectivity index (χ0n) is 5.20. The van der Waals surface area contributed by atoms with Gasteiger partial charge in [0.1, 0.15) is 0 Å². The molecule has 6 atom stereocenters. The van der Waals surface area contributed by atoms with Gasteiger partial charge in [0.05, 0.1) is 0 Å². The van der Waals surface area contributed by atoms with Crippen LogP contribution in [0.25, 0.3) is 0 Å². The Kier molecular flexibility index (Phi) is 15.1. The van der Waals surface area contributed by atoms with Gasteiger partial charge in [-0.05, 0) is 0 Å². The van der Waals surface area contributed by atoms with E-state index in [0.717, 1.165) is 0 Å². The second-order valence-corrected chi connectivity index (χ2v) is 5.88. The molecule has 0 aromatic heterocycles. The molecular formula is H8O5P6. The maximum absolute atomic E-state index is 4.88. The lowest BCUT2D eigenvalue weighted by Crippen LogP contribution is -1.59. The number of hydrogen-bond acceptors (Lipinski definition) is 5. The van der Waals surface area contributed by atoms with E-state index in [1.54, 1.807) is 0 Å².